The number of anilines is 2. The van der Waals surface area contributed by atoms with Crippen LogP contribution in [-0.2, 0) is 27.1 Å². The molecule has 8 nitrogen and oxygen atoms in total. The maximum Gasteiger partial charge on any atom is 0.416 e. The maximum atomic E-state index is 13.7. The standard InChI is InChI=1S/C28H20F3N3O5S2/c1-14-7-9-17(10-8-14)34-24(36)21-20(18-6-3-11-39-18)23-26(40-22(21)25(34)37)33(27(38)41-23)13-19(35)32-16-5-2-4-15(12-16)28(29,30)31/h2-12,20-22H,13H2,1H3,(H,32,35)/t20-,21-,22+/m0/s1. The average Bonchev–Trinajstić information content (AvgIpc) is 3.62. The fraction of sp³-hybridized carbons (Fsp3) is 0.214. The highest BCUT2D eigenvalue weighted by Crippen LogP contribution is 2.54. The number of hydrogen-bond acceptors (Lipinski definition) is 7. The summed E-state index contributed by atoms with van der Waals surface area (Å²) in [6.45, 7) is 1.39. The van der Waals surface area contributed by atoms with E-state index in [1.165, 1.54) is 23.0 Å². The van der Waals surface area contributed by atoms with Crippen molar-refractivity contribution in [2.75, 3.05) is 10.2 Å². The van der Waals surface area contributed by atoms with Gasteiger partial charge in [-0.05, 0) is 49.4 Å². The van der Waals surface area contributed by atoms with E-state index in [1.807, 2.05) is 6.92 Å². The molecular formula is C28H20F3N3O5S2. The molecule has 2 aliphatic heterocycles. The van der Waals surface area contributed by atoms with Gasteiger partial charge in [0.15, 0.2) is 0 Å². The molecule has 41 heavy (non-hydrogen) atoms. The molecule has 0 aliphatic carbocycles. The highest BCUT2D eigenvalue weighted by atomic mass is 32.2. The number of aryl methyl sites for hydroxylation is 1. The minimum Gasteiger partial charge on any atom is -0.469 e. The van der Waals surface area contributed by atoms with Gasteiger partial charge in [-0.15, -0.1) is 0 Å². The highest BCUT2D eigenvalue weighted by Gasteiger charge is 2.57. The zero-order valence-electron chi connectivity index (χ0n) is 21.2. The molecule has 0 unspecified atom stereocenters. The monoisotopic (exact) mass is 599 g/mol. The van der Waals surface area contributed by atoms with Gasteiger partial charge in [-0.1, -0.05) is 46.9 Å². The van der Waals surface area contributed by atoms with Crippen LogP contribution in [0.15, 0.2) is 81.2 Å². The Balaban J connectivity index is 1.35. The molecule has 2 aliphatic rings. The number of hydrogen-bond donors (Lipinski definition) is 1. The molecule has 0 radical (unpaired) electrons. The zero-order chi connectivity index (χ0) is 29.1. The van der Waals surface area contributed by atoms with Gasteiger partial charge in [0.1, 0.15) is 17.6 Å². The summed E-state index contributed by atoms with van der Waals surface area (Å²) in [7, 11) is 0. The molecule has 4 heterocycles. The van der Waals surface area contributed by atoms with Crippen molar-refractivity contribution in [3.05, 3.63) is 98.4 Å². The second-order valence-corrected chi connectivity index (χ2v) is 11.8. The first-order valence-corrected chi connectivity index (χ1v) is 14.1. The van der Waals surface area contributed by atoms with Crippen LogP contribution in [0.5, 0.6) is 0 Å². The first-order valence-electron chi connectivity index (χ1n) is 12.4. The number of nitrogens with one attached hydrogen (secondary N) is 1. The lowest BCUT2D eigenvalue weighted by Crippen LogP contribution is -2.32. The predicted molar refractivity (Wildman–Crippen MR) is 146 cm³/mol. The first-order chi connectivity index (χ1) is 19.5. The quantitative estimate of drug-likeness (QED) is 0.314. The lowest BCUT2D eigenvalue weighted by molar-refractivity contribution is -0.137. The van der Waals surface area contributed by atoms with Gasteiger partial charge in [0.2, 0.25) is 17.7 Å². The van der Waals surface area contributed by atoms with Gasteiger partial charge < -0.3 is 9.73 Å². The molecule has 2 aromatic carbocycles. The molecule has 1 N–H and O–H groups in total. The summed E-state index contributed by atoms with van der Waals surface area (Å²) >= 11 is 1.88. The van der Waals surface area contributed by atoms with Gasteiger partial charge >= 0.3 is 11.0 Å². The van der Waals surface area contributed by atoms with E-state index in [0.29, 0.717) is 21.4 Å². The summed E-state index contributed by atoms with van der Waals surface area (Å²) in [5.74, 6) is -2.79. The van der Waals surface area contributed by atoms with Crippen LogP contribution in [0.3, 0.4) is 0 Å². The van der Waals surface area contributed by atoms with Crippen LogP contribution in [0.2, 0.25) is 0 Å². The number of halogens is 3. The smallest absolute Gasteiger partial charge is 0.416 e. The zero-order valence-corrected chi connectivity index (χ0v) is 22.8. The summed E-state index contributed by atoms with van der Waals surface area (Å²) in [6, 6.07) is 14.5. The maximum absolute atomic E-state index is 13.7. The number of amides is 3. The van der Waals surface area contributed by atoms with Gasteiger partial charge in [0.05, 0.1) is 39.3 Å². The lowest BCUT2D eigenvalue weighted by Gasteiger charge is -2.29. The van der Waals surface area contributed by atoms with E-state index < -0.39 is 58.0 Å². The van der Waals surface area contributed by atoms with Crippen molar-refractivity contribution >= 4 is 52.2 Å². The van der Waals surface area contributed by atoms with E-state index in [9.17, 15) is 32.3 Å². The Labute approximate surface area is 238 Å². The molecule has 4 aromatic rings. The molecule has 0 saturated carbocycles. The number of alkyl halides is 3. The Kier molecular flexibility index (Phi) is 6.65. The normalized spacial score (nSPS) is 20.2. The molecular weight excluding hydrogens is 579 g/mol. The van der Waals surface area contributed by atoms with E-state index in [4.69, 9.17) is 4.42 Å². The fourth-order valence-electron chi connectivity index (χ4n) is 5.10. The molecule has 3 atom stereocenters. The number of thioether (sulfide) groups is 1. The number of imide groups is 1. The topological polar surface area (TPSA) is 102 Å². The van der Waals surface area contributed by atoms with Crippen LogP contribution >= 0.6 is 23.1 Å². The van der Waals surface area contributed by atoms with Gasteiger partial charge in [-0.3, -0.25) is 23.7 Å². The molecule has 2 aromatic heterocycles. The Morgan fingerprint density at radius 3 is 2.46 bits per heavy atom. The molecule has 0 bridgehead atoms. The Morgan fingerprint density at radius 2 is 1.78 bits per heavy atom. The summed E-state index contributed by atoms with van der Waals surface area (Å²) in [5, 5.41) is 1.86. The average molecular weight is 600 g/mol. The van der Waals surface area contributed by atoms with E-state index in [0.717, 1.165) is 45.7 Å². The van der Waals surface area contributed by atoms with Gasteiger partial charge in [0.25, 0.3) is 0 Å². The molecule has 210 valence electrons. The van der Waals surface area contributed by atoms with Crippen molar-refractivity contribution in [3.63, 3.8) is 0 Å². The third kappa shape index (κ3) is 4.78. The van der Waals surface area contributed by atoms with E-state index in [-0.39, 0.29) is 5.69 Å². The summed E-state index contributed by atoms with van der Waals surface area (Å²) in [6.07, 6.45) is -3.15. The third-order valence-corrected chi connectivity index (χ3v) is 9.57. The second kappa shape index (κ2) is 10.1. The van der Waals surface area contributed by atoms with Crippen LogP contribution in [0, 0.1) is 12.8 Å². The van der Waals surface area contributed by atoms with Crippen LogP contribution in [0.4, 0.5) is 24.5 Å². The SMILES string of the molecule is Cc1ccc(N2C(=O)[C@H]3[C@H](c4ccco4)c4sc(=O)n(CC(=O)Nc5cccc(C(F)(F)F)c5)c4S[C@H]3C2=O)cc1. The number of fused-ring (bicyclic) bond motifs is 2. The summed E-state index contributed by atoms with van der Waals surface area (Å²) < 4.78 is 46.2. The third-order valence-electron chi connectivity index (χ3n) is 6.97. The highest BCUT2D eigenvalue weighted by molar-refractivity contribution is 8.00. The molecule has 0 spiro atoms. The fourth-order valence-corrected chi connectivity index (χ4v) is 7.85. The largest absolute Gasteiger partial charge is 0.469 e. The Morgan fingerprint density at radius 1 is 1.02 bits per heavy atom. The summed E-state index contributed by atoms with van der Waals surface area (Å²) in [5.41, 5.74) is 0.391. The van der Waals surface area contributed by atoms with Crippen molar-refractivity contribution in [1.29, 1.82) is 0 Å². The minimum atomic E-state index is -4.59. The predicted octanol–water partition coefficient (Wildman–Crippen LogP) is 5.26. The minimum absolute atomic E-state index is 0.0755. The lowest BCUT2D eigenvalue weighted by atomic mass is 9.87. The van der Waals surface area contributed by atoms with Crippen molar-refractivity contribution < 1.29 is 32.0 Å². The van der Waals surface area contributed by atoms with Crippen molar-refractivity contribution in [2.24, 2.45) is 5.92 Å². The number of carbonyl (C=O) groups excluding carboxylic acids is 3. The van der Waals surface area contributed by atoms with Crippen LogP contribution in [0.25, 0.3) is 0 Å². The molecule has 1 saturated heterocycles. The number of thiazole rings is 1. The van der Waals surface area contributed by atoms with Crippen LogP contribution in [0.1, 0.15) is 27.7 Å². The van der Waals surface area contributed by atoms with Crippen LogP contribution < -0.4 is 15.1 Å². The Bertz CT molecular complexity index is 1730. The van der Waals surface area contributed by atoms with E-state index >= 15 is 0 Å². The van der Waals surface area contributed by atoms with Crippen molar-refractivity contribution in [3.8, 4) is 0 Å². The van der Waals surface area contributed by atoms with Gasteiger partial charge in [-0.25, -0.2) is 4.90 Å². The number of rotatable bonds is 5. The molecule has 3 amide bonds. The van der Waals surface area contributed by atoms with Crippen molar-refractivity contribution in [2.45, 2.75) is 35.8 Å². The number of aromatic nitrogens is 1. The van der Waals surface area contributed by atoms with Gasteiger partial charge in [0, 0.05) is 5.69 Å². The number of carbonyl (C=O) groups is 3. The van der Waals surface area contributed by atoms with Crippen molar-refractivity contribution in [1.82, 2.24) is 4.57 Å². The number of furan rings is 1. The number of nitrogens with zero attached hydrogens (tertiary/aromatic N) is 2. The first kappa shape index (κ1) is 27.1. The van der Waals surface area contributed by atoms with Gasteiger partial charge in [-0.2, -0.15) is 13.2 Å². The van der Waals surface area contributed by atoms with E-state index in [1.54, 1.807) is 36.4 Å². The number of benzene rings is 2. The molecule has 13 heteroatoms. The molecule has 1 fully saturated rings. The van der Waals surface area contributed by atoms with E-state index in [2.05, 4.69) is 5.32 Å². The second-order valence-electron chi connectivity index (χ2n) is 9.66. The van der Waals surface area contributed by atoms with Crippen LogP contribution in [-0.4, -0.2) is 27.5 Å². The molecule has 6 rings (SSSR count). The summed E-state index contributed by atoms with van der Waals surface area (Å²) in [4.78, 5) is 54.5. The Hall–Kier alpha value is -4.10.